The van der Waals surface area contributed by atoms with Crippen molar-refractivity contribution < 1.29 is 54.4 Å². The van der Waals surface area contributed by atoms with Crippen molar-refractivity contribution >= 4 is 35.5 Å². The Morgan fingerprint density at radius 3 is 2.50 bits per heavy atom. The fraction of sp³-hybridized carbons (Fsp3) is 0.372. The Morgan fingerprint density at radius 1 is 1.07 bits per heavy atom. The maximum Gasteiger partial charge on any atom is 0.335 e. The maximum atomic E-state index is 12.6. The van der Waals surface area contributed by atoms with Crippen LogP contribution in [0.2, 0.25) is 0 Å². The van der Waals surface area contributed by atoms with Crippen LogP contribution in [0.25, 0.3) is 17.4 Å². The highest BCUT2D eigenvalue weighted by Crippen LogP contribution is 2.42. The zero-order valence-corrected chi connectivity index (χ0v) is 32.0. The second kappa shape index (κ2) is 18.8. The van der Waals surface area contributed by atoms with Gasteiger partial charge in [0.25, 0.3) is 5.91 Å². The average molecular weight is 799 g/mol. The summed E-state index contributed by atoms with van der Waals surface area (Å²) < 4.78 is 17.6. The highest BCUT2D eigenvalue weighted by molar-refractivity contribution is 6.03. The van der Waals surface area contributed by atoms with Crippen LogP contribution in [0, 0.1) is 11.8 Å². The van der Waals surface area contributed by atoms with Crippen molar-refractivity contribution in [2.45, 2.75) is 55.6 Å². The first kappa shape index (κ1) is 42.1. The largest absolute Gasteiger partial charge is 0.508 e. The predicted molar refractivity (Wildman–Crippen MR) is 216 cm³/mol. The molecule has 58 heavy (non-hydrogen) atoms. The number of benzene rings is 3. The molecule has 3 aliphatic heterocycles. The van der Waals surface area contributed by atoms with Gasteiger partial charge in [-0.15, -0.1) is 0 Å². The first-order chi connectivity index (χ1) is 27.9. The number of nitrogens with one attached hydrogen (secondary N) is 2. The number of carbonyl (C=O) groups excluding carboxylic acids is 1. The van der Waals surface area contributed by atoms with E-state index < -0.39 is 48.2 Å². The lowest BCUT2D eigenvalue weighted by molar-refractivity contribution is -0.311. The highest BCUT2D eigenvalue weighted by atomic mass is 16.7. The molecule has 6 rings (SSSR count). The van der Waals surface area contributed by atoms with Crippen molar-refractivity contribution in [2.75, 3.05) is 33.2 Å². The number of rotatable bonds is 18. The third-order valence-corrected chi connectivity index (χ3v) is 10.7. The van der Waals surface area contributed by atoms with Gasteiger partial charge in [-0.05, 0) is 92.2 Å². The molecule has 0 radical (unpaired) electrons. The molecule has 10 N–H and O–H groups in total. The van der Waals surface area contributed by atoms with Crippen LogP contribution in [-0.4, -0.2) is 118 Å². The molecule has 8 unspecified atom stereocenters. The first-order valence-electron chi connectivity index (χ1n) is 19.1. The minimum atomic E-state index is -2.39. The van der Waals surface area contributed by atoms with Crippen molar-refractivity contribution in [3.8, 4) is 17.2 Å². The van der Waals surface area contributed by atoms with Crippen molar-refractivity contribution in [3.63, 3.8) is 0 Å². The van der Waals surface area contributed by atoms with Crippen molar-refractivity contribution in [3.05, 3.63) is 107 Å². The van der Waals surface area contributed by atoms with E-state index in [4.69, 9.17) is 19.9 Å². The van der Waals surface area contributed by atoms with Crippen molar-refractivity contribution in [2.24, 2.45) is 22.6 Å². The third-order valence-electron chi connectivity index (χ3n) is 10.7. The van der Waals surface area contributed by atoms with Gasteiger partial charge in [0.2, 0.25) is 12.4 Å². The average Bonchev–Trinajstić information content (AvgIpc) is 3.73. The molecule has 1 amide bonds. The van der Waals surface area contributed by atoms with Crippen LogP contribution in [0.1, 0.15) is 36.0 Å². The zero-order valence-electron chi connectivity index (χ0n) is 32.0. The lowest BCUT2D eigenvalue weighted by atomic mass is 9.81. The quantitative estimate of drug-likeness (QED) is 0.0900. The number of aliphatic imine (C=N–C) groups is 1. The van der Waals surface area contributed by atoms with Crippen LogP contribution < -0.4 is 25.8 Å². The lowest BCUT2D eigenvalue weighted by Gasteiger charge is -2.47. The minimum Gasteiger partial charge on any atom is -0.508 e. The fourth-order valence-electron chi connectivity index (χ4n) is 7.54. The SMILES string of the molecule is CNCCC(CC=Cc1ccccc1)C(CNCC1(O)C(Oc2ccc3c(c2)OC(C(N)=O)C(c2ccc(O)cc2)=C3O)OC(C(=O)O)C(O)C1O)CC1=CCN=C1. The molecule has 1 fully saturated rings. The summed E-state index contributed by atoms with van der Waals surface area (Å²) in [6.45, 7) is 1.34. The number of ether oxygens (including phenoxy) is 3. The van der Waals surface area contributed by atoms with Gasteiger partial charge in [0.05, 0.1) is 17.7 Å². The molecular weight excluding hydrogens is 748 g/mol. The van der Waals surface area contributed by atoms with Gasteiger partial charge in [-0.1, -0.05) is 60.7 Å². The van der Waals surface area contributed by atoms with Gasteiger partial charge in [-0.3, -0.25) is 9.79 Å². The molecule has 15 heteroatoms. The van der Waals surface area contributed by atoms with Gasteiger partial charge < -0.3 is 61.2 Å². The number of carbonyl (C=O) groups is 2. The molecule has 3 aliphatic rings. The summed E-state index contributed by atoms with van der Waals surface area (Å²) in [6.07, 6.45) is 1.13. The molecular formula is C43H50N4O11. The van der Waals surface area contributed by atoms with E-state index >= 15 is 0 Å². The van der Waals surface area contributed by atoms with Crippen LogP contribution in [0.15, 0.2) is 95.5 Å². The van der Waals surface area contributed by atoms with Crippen LogP contribution >= 0.6 is 0 Å². The number of phenols is 1. The predicted octanol–water partition coefficient (Wildman–Crippen LogP) is 2.64. The Bertz CT molecular complexity index is 2040. The highest BCUT2D eigenvalue weighted by Gasteiger charge is 2.58. The van der Waals surface area contributed by atoms with Crippen molar-refractivity contribution in [1.82, 2.24) is 10.6 Å². The summed E-state index contributed by atoms with van der Waals surface area (Å²) in [5.41, 5.74) is 6.05. The monoisotopic (exact) mass is 798 g/mol. The first-order valence-corrected chi connectivity index (χ1v) is 19.1. The minimum absolute atomic E-state index is 0.0223. The van der Waals surface area contributed by atoms with E-state index in [9.17, 15) is 40.2 Å². The van der Waals surface area contributed by atoms with Crippen LogP contribution in [0.5, 0.6) is 17.2 Å². The Hall–Kier alpha value is -5.55. The van der Waals surface area contributed by atoms with Crippen LogP contribution in [0.4, 0.5) is 0 Å². The Labute approximate surface area is 335 Å². The van der Waals surface area contributed by atoms with Crippen molar-refractivity contribution in [1.29, 1.82) is 0 Å². The summed E-state index contributed by atoms with van der Waals surface area (Å²) in [5, 5.41) is 71.8. The standard InChI is InChI=1S/C43H50N4O11/c1-45-18-17-27(9-5-8-25-6-3-2-4-7-25)29(20-26-16-19-46-22-26)23-47-24-43(55)39(51)36(50)38(41(53)54)58-42(43)56-31-14-15-32-33(21-31)57-37(40(44)52)34(35(32)49)28-10-12-30(48)13-11-28/h2-8,10-16,21-22,27,29,36-39,42,45,47-51,55H,9,17-20,23-24H2,1H3,(H2,44,52)(H,53,54). The van der Waals surface area contributed by atoms with Gasteiger partial charge in [-0.25, -0.2) is 4.79 Å². The molecule has 308 valence electrons. The second-order valence-electron chi connectivity index (χ2n) is 14.7. The summed E-state index contributed by atoms with van der Waals surface area (Å²) >= 11 is 0. The number of carboxylic acids is 1. The van der Waals surface area contributed by atoms with E-state index in [2.05, 4.69) is 33.9 Å². The lowest BCUT2D eigenvalue weighted by Crippen LogP contribution is -2.71. The Morgan fingerprint density at radius 2 is 1.83 bits per heavy atom. The van der Waals surface area contributed by atoms with E-state index in [1.807, 2.05) is 43.6 Å². The van der Waals surface area contributed by atoms with E-state index in [0.29, 0.717) is 25.1 Å². The molecule has 3 aromatic carbocycles. The molecule has 0 saturated carbocycles. The van der Waals surface area contributed by atoms with E-state index in [0.717, 1.165) is 30.5 Å². The maximum absolute atomic E-state index is 12.6. The normalized spacial score (nSPS) is 25.2. The number of aliphatic carboxylic acids is 1. The zero-order chi connectivity index (χ0) is 41.4. The molecule has 0 aromatic heterocycles. The second-order valence-corrected chi connectivity index (χ2v) is 14.7. The fourth-order valence-corrected chi connectivity index (χ4v) is 7.54. The number of aliphatic hydroxyl groups excluding tert-OH is 3. The molecule has 15 nitrogen and oxygen atoms in total. The number of nitrogens with zero attached hydrogens (tertiary/aromatic N) is 1. The van der Waals surface area contributed by atoms with Gasteiger partial charge in [0.1, 0.15) is 35.2 Å². The topological polar surface area (TPSA) is 246 Å². The third kappa shape index (κ3) is 9.58. The molecule has 0 aliphatic carbocycles. The number of primary amides is 1. The summed E-state index contributed by atoms with van der Waals surface area (Å²) in [4.78, 5) is 29.0. The Kier molecular flexibility index (Phi) is 13.6. The number of nitrogens with two attached hydrogens (primary N) is 1. The number of allylic oxidation sites excluding steroid dienone is 2. The van der Waals surface area contributed by atoms with Gasteiger partial charge in [0.15, 0.2) is 11.7 Å². The van der Waals surface area contributed by atoms with Gasteiger partial charge in [-0.2, -0.15) is 0 Å². The molecule has 0 spiro atoms. The number of hydrogen-bond donors (Lipinski definition) is 9. The number of fused-ring (bicyclic) bond motifs is 1. The van der Waals surface area contributed by atoms with Crippen LogP contribution in [-0.2, 0) is 14.3 Å². The summed E-state index contributed by atoms with van der Waals surface area (Å²) in [7, 11) is 1.89. The summed E-state index contributed by atoms with van der Waals surface area (Å²) in [6, 6.07) is 19.8. The number of aromatic hydroxyl groups is 1. The summed E-state index contributed by atoms with van der Waals surface area (Å²) in [5.74, 6) is -2.75. The molecule has 3 heterocycles. The molecule has 1 saturated heterocycles. The van der Waals surface area contributed by atoms with E-state index in [-0.39, 0.29) is 52.5 Å². The van der Waals surface area contributed by atoms with Crippen LogP contribution in [0.3, 0.4) is 0 Å². The van der Waals surface area contributed by atoms with Gasteiger partial charge in [0, 0.05) is 18.8 Å². The Balaban J connectivity index is 1.25. The van der Waals surface area contributed by atoms with E-state index in [1.54, 1.807) is 0 Å². The molecule has 0 bridgehead atoms. The molecule has 8 atom stereocenters. The number of carboxylic acid groups (broad SMARTS) is 1. The smallest absolute Gasteiger partial charge is 0.335 e. The number of hydrogen-bond acceptors (Lipinski definition) is 13. The number of amides is 1. The molecule has 3 aromatic rings. The number of phenolic OH excluding ortho intramolecular Hbond substituents is 1. The van der Waals surface area contributed by atoms with Gasteiger partial charge >= 0.3 is 5.97 Å². The number of aliphatic hydroxyl groups is 4. The van der Waals surface area contributed by atoms with E-state index in [1.165, 1.54) is 42.5 Å².